The van der Waals surface area contributed by atoms with Crippen LogP contribution in [0.25, 0.3) is 0 Å². The molecule has 2 aromatic heterocycles. The number of anilines is 1. The van der Waals surface area contributed by atoms with E-state index in [4.69, 9.17) is 0 Å². The maximum atomic E-state index is 12.2. The average molecular weight is 260 g/mol. The van der Waals surface area contributed by atoms with Crippen LogP contribution >= 0.6 is 0 Å². The van der Waals surface area contributed by atoms with Crippen molar-refractivity contribution >= 4 is 11.9 Å². The molecule has 0 fully saturated rings. The molecule has 2 aromatic rings. The fraction of sp³-hybridized carbons (Fsp3) is 0.429. The molecule has 0 bridgehead atoms. The third-order valence-electron chi connectivity index (χ3n) is 3.11. The molecule has 5 nitrogen and oxygen atoms in total. The lowest BCUT2D eigenvalue weighted by atomic mass is 10.2. The van der Waals surface area contributed by atoms with Crippen molar-refractivity contribution < 1.29 is 4.79 Å². The molecule has 0 atom stereocenters. The number of carbonyl (C=O) groups excluding carboxylic acids is 1. The van der Waals surface area contributed by atoms with Crippen LogP contribution in [0.1, 0.15) is 30.0 Å². The Morgan fingerprint density at radius 1 is 1.42 bits per heavy atom. The van der Waals surface area contributed by atoms with Crippen molar-refractivity contribution in [3.05, 3.63) is 35.9 Å². The minimum absolute atomic E-state index is 0.133. The second-order valence-corrected chi connectivity index (χ2v) is 5.17. The molecule has 0 saturated heterocycles. The Morgan fingerprint density at radius 3 is 2.74 bits per heavy atom. The first kappa shape index (κ1) is 13.4. The number of amides is 1. The van der Waals surface area contributed by atoms with Crippen LogP contribution in [-0.2, 0) is 13.6 Å². The van der Waals surface area contributed by atoms with Gasteiger partial charge in [0.05, 0.1) is 0 Å². The third kappa shape index (κ3) is 2.86. The van der Waals surface area contributed by atoms with Gasteiger partial charge in [0, 0.05) is 31.7 Å². The van der Waals surface area contributed by atoms with Crippen molar-refractivity contribution in [3.63, 3.8) is 0 Å². The monoisotopic (exact) mass is 260 g/mol. The highest BCUT2D eigenvalue weighted by Crippen LogP contribution is 2.11. The number of carbonyl (C=O) groups is 1. The van der Waals surface area contributed by atoms with Gasteiger partial charge in [-0.25, -0.2) is 4.98 Å². The van der Waals surface area contributed by atoms with E-state index >= 15 is 0 Å². The SMILES string of the molecule is Cc1ccc(C(=O)Nc2nccn2CC(C)C)n1C. The van der Waals surface area contributed by atoms with Crippen molar-refractivity contribution in [1.29, 1.82) is 0 Å². The summed E-state index contributed by atoms with van der Waals surface area (Å²) in [5, 5.41) is 2.86. The predicted octanol–water partition coefficient (Wildman–Crippen LogP) is 2.44. The van der Waals surface area contributed by atoms with Gasteiger partial charge in [0.15, 0.2) is 0 Å². The van der Waals surface area contributed by atoms with E-state index in [-0.39, 0.29) is 5.91 Å². The number of hydrogen-bond acceptors (Lipinski definition) is 2. The molecular formula is C14H20N4O. The number of rotatable bonds is 4. The van der Waals surface area contributed by atoms with Crippen LogP contribution in [0.15, 0.2) is 24.5 Å². The lowest BCUT2D eigenvalue weighted by Gasteiger charge is -2.11. The number of hydrogen-bond donors (Lipinski definition) is 1. The topological polar surface area (TPSA) is 51.9 Å². The van der Waals surface area contributed by atoms with Crippen molar-refractivity contribution in [3.8, 4) is 0 Å². The molecule has 102 valence electrons. The molecule has 2 rings (SSSR count). The van der Waals surface area contributed by atoms with Gasteiger partial charge in [0.1, 0.15) is 5.69 Å². The van der Waals surface area contributed by atoms with Crippen LogP contribution in [0.3, 0.4) is 0 Å². The summed E-state index contributed by atoms with van der Waals surface area (Å²) in [5.74, 6) is 0.964. The Hall–Kier alpha value is -2.04. The maximum absolute atomic E-state index is 12.2. The lowest BCUT2D eigenvalue weighted by Crippen LogP contribution is -2.19. The highest BCUT2D eigenvalue weighted by molar-refractivity contribution is 6.02. The van der Waals surface area contributed by atoms with E-state index in [1.54, 1.807) is 6.20 Å². The summed E-state index contributed by atoms with van der Waals surface area (Å²) < 4.78 is 3.82. The Balaban J connectivity index is 2.15. The van der Waals surface area contributed by atoms with E-state index < -0.39 is 0 Å². The molecule has 0 aromatic carbocycles. The molecule has 0 radical (unpaired) electrons. The maximum Gasteiger partial charge on any atom is 0.274 e. The number of nitrogens with zero attached hydrogens (tertiary/aromatic N) is 3. The van der Waals surface area contributed by atoms with Crippen molar-refractivity contribution in [2.45, 2.75) is 27.3 Å². The third-order valence-corrected chi connectivity index (χ3v) is 3.11. The predicted molar refractivity (Wildman–Crippen MR) is 75.2 cm³/mol. The molecule has 5 heteroatoms. The fourth-order valence-electron chi connectivity index (χ4n) is 1.98. The molecule has 0 unspecified atom stereocenters. The standard InChI is InChI=1S/C14H20N4O/c1-10(2)9-18-8-7-15-14(18)16-13(19)12-6-5-11(3)17(12)4/h5-8,10H,9H2,1-4H3,(H,15,16,19). The van der Waals surface area contributed by atoms with Crippen LogP contribution < -0.4 is 5.32 Å². The molecule has 2 heterocycles. The first-order valence-electron chi connectivity index (χ1n) is 6.44. The van der Waals surface area contributed by atoms with Crippen LogP contribution in [0, 0.1) is 12.8 Å². The van der Waals surface area contributed by atoms with Crippen LogP contribution in [0.4, 0.5) is 5.95 Å². The van der Waals surface area contributed by atoms with E-state index in [9.17, 15) is 4.79 Å². The second kappa shape index (κ2) is 5.30. The minimum Gasteiger partial charge on any atom is -0.344 e. The van der Waals surface area contributed by atoms with Crippen LogP contribution in [0.2, 0.25) is 0 Å². The molecule has 1 N–H and O–H groups in total. The van der Waals surface area contributed by atoms with E-state index in [1.807, 2.05) is 41.4 Å². The summed E-state index contributed by atoms with van der Waals surface area (Å²) in [6.45, 7) is 7.07. The van der Waals surface area contributed by atoms with Gasteiger partial charge in [0.2, 0.25) is 5.95 Å². The fourth-order valence-corrected chi connectivity index (χ4v) is 1.98. The zero-order valence-electron chi connectivity index (χ0n) is 11.8. The van der Waals surface area contributed by atoms with Gasteiger partial charge in [-0.1, -0.05) is 13.8 Å². The molecule has 0 saturated carbocycles. The molecular weight excluding hydrogens is 240 g/mol. The molecule has 0 spiro atoms. The molecule has 0 aliphatic carbocycles. The molecule has 1 amide bonds. The summed E-state index contributed by atoms with van der Waals surface area (Å²) in [6, 6.07) is 3.75. The smallest absolute Gasteiger partial charge is 0.274 e. The van der Waals surface area contributed by atoms with Gasteiger partial charge in [0.25, 0.3) is 5.91 Å². The van der Waals surface area contributed by atoms with Crippen molar-refractivity contribution in [2.24, 2.45) is 13.0 Å². The van der Waals surface area contributed by atoms with Gasteiger partial charge >= 0.3 is 0 Å². The van der Waals surface area contributed by atoms with Gasteiger partial charge in [-0.2, -0.15) is 0 Å². The zero-order chi connectivity index (χ0) is 14.0. The van der Waals surface area contributed by atoms with E-state index in [0.29, 0.717) is 17.6 Å². The Labute approximate surface area is 113 Å². The minimum atomic E-state index is -0.133. The second-order valence-electron chi connectivity index (χ2n) is 5.17. The summed E-state index contributed by atoms with van der Waals surface area (Å²) >= 11 is 0. The number of aryl methyl sites for hydroxylation is 1. The normalized spacial score (nSPS) is 11.0. The van der Waals surface area contributed by atoms with Crippen molar-refractivity contribution in [1.82, 2.24) is 14.1 Å². The van der Waals surface area contributed by atoms with Gasteiger partial charge < -0.3 is 9.13 Å². The Morgan fingerprint density at radius 2 is 2.16 bits per heavy atom. The van der Waals surface area contributed by atoms with E-state index in [2.05, 4.69) is 24.1 Å². The number of aromatic nitrogens is 3. The zero-order valence-corrected chi connectivity index (χ0v) is 11.8. The number of imidazole rings is 1. The van der Waals surface area contributed by atoms with Crippen LogP contribution in [0.5, 0.6) is 0 Å². The largest absolute Gasteiger partial charge is 0.344 e. The van der Waals surface area contributed by atoms with Crippen LogP contribution in [-0.4, -0.2) is 20.0 Å². The summed E-state index contributed by atoms with van der Waals surface area (Å²) in [5.41, 5.74) is 1.69. The highest BCUT2D eigenvalue weighted by Gasteiger charge is 2.14. The summed E-state index contributed by atoms with van der Waals surface area (Å²) in [7, 11) is 1.88. The summed E-state index contributed by atoms with van der Waals surface area (Å²) in [6.07, 6.45) is 3.58. The summed E-state index contributed by atoms with van der Waals surface area (Å²) in [4.78, 5) is 16.4. The Kier molecular flexibility index (Phi) is 3.74. The molecule has 19 heavy (non-hydrogen) atoms. The van der Waals surface area contributed by atoms with Gasteiger partial charge in [-0.15, -0.1) is 0 Å². The van der Waals surface area contributed by atoms with Gasteiger partial charge in [-0.05, 0) is 25.0 Å². The Bertz CT molecular complexity index is 580. The van der Waals surface area contributed by atoms with E-state index in [1.165, 1.54) is 0 Å². The van der Waals surface area contributed by atoms with Crippen molar-refractivity contribution in [2.75, 3.05) is 5.32 Å². The first-order valence-corrected chi connectivity index (χ1v) is 6.44. The lowest BCUT2D eigenvalue weighted by molar-refractivity contribution is 0.101. The molecule has 0 aliphatic heterocycles. The average Bonchev–Trinajstić information content (AvgIpc) is 2.88. The van der Waals surface area contributed by atoms with Gasteiger partial charge in [-0.3, -0.25) is 10.1 Å². The first-order chi connectivity index (χ1) is 8.99. The molecule has 0 aliphatic rings. The highest BCUT2D eigenvalue weighted by atomic mass is 16.2. The van der Waals surface area contributed by atoms with E-state index in [0.717, 1.165) is 12.2 Å². The number of nitrogens with one attached hydrogen (secondary N) is 1. The quantitative estimate of drug-likeness (QED) is 0.918.